The second-order valence-corrected chi connectivity index (χ2v) is 8.65. The first-order chi connectivity index (χ1) is 14.8. The number of nitrogens with zero attached hydrogens (tertiary/aromatic N) is 2. The molecule has 0 aliphatic carbocycles. The number of methoxy groups -OCH3 is 2. The lowest BCUT2D eigenvalue weighted by Gasteiger charge is -2.38. The Kier molecular flexibility index (Phi) is 5.89. The van der Waals surface area contributed by atoms with Crippen LogP contribution in [0.5, 0.6) is 11.5 Å². The molecule has 13 heteroatoms. The summed E-state index contributed by atoms with van der Waals surface area (Å²) in [5, 5.41) is 1.72. The Labute approximate surface area is 181 Å². The Hall–Kier alpha value is -3.22. The van der Waals surface area contributed by atoms with Gasteiger partial charge in [-0.25, -0.2) is 4.79 Å². The number of halogens is 3. The standard InChI is InChI=1S/C19H19F3N2O7S/c1-10(2)23-8-11-5-17(31-32(27,28)19(20,21)22)16(29-3)6-12(11)14-7-15(25)13(9-24(14)23)18(26)30-4/h5-7,9-10H,8H2,1-4H3. The van der Waals surface area contributed by atoms with E-state index >= 15 is 0 Å². The summed E-state index contributed by atoms with van der Waals surface area (Å²) < 4.78 is 76.9. The first-order valence-electron chi connectivity index (χ1n) is 9.14. The van der Waals surface area contributed by atoms with Crippen molar-refractivity contribution in [2.24, 2.45) is 0 Å². The molecular weight excluding hydrogens is 457 g/mol. The van der Waals surface area contributed by atoms with E-state index in [0.717, 1.165) is 20.3 Å². The summed E-state index contributed by atoms with van der Waals surface area (Å²) in [6.45, 7) is 3.75. The first-order valence-corrected chi connectivity index (χ1v) is 10.6. The summed E-state index contributed by atoms with van der Waals surface area (Å²) in [6.07, 6.45) is 1.32. The van der Waals surface area contributed by atoms with Crippen molar-refractivity contribution in [3.8, 4) is 22.8 Å². The summed E-state index contributed by atoms with van der Waals surface area (Å²) in [5.41, 5.74) is -5.35. The highest BCUT2D eigenvalue weighted by atomic mass is 32.2. The Morgan fingerprint density at radius 1 is 1.12 bits per heavy atom. The van der Waals surface area contributed by atoms with Gasteiger partial charge in [0.2, 0.25) is 0 Å². The Balaban J connectivity index is 2.23. The van der Waals surface area contributed by atoms with Gasteiger partial charge >= 0.3 is 21.6 Å². The van der Waals surface area contributed by atoms with E-state index in [-0.39, 0.29) is 23.9 Å². The largest absolute Gasteiger partial charge is 0.534 e. The zero-order chi connectivity index (χ0) is 24.0. The van der Waals surface area contributed by atoms with Crippen LogP contribution in [0.2, 0.25) is 0 Å². The molecule has 0 saturated carbocycles. The number of aromatic nitrogens is 1. The fourth-order valence-electron chi connectivity index (χ4n) is 3.24. The molecular formula is C19H19F3N2O7S. The summed E-state index contributed by atoms with van der Waals surface area (Å²) in [6, 6.07) is 3.40. The number of carbonyl (C=O) groups excluding carboxylic acids is 1. The van der Waals surface area contributed by atoms with Gasteiger partial charge in [0.25, 0.3) is 0 Å². The molecule has 0 amide bonds. The van der Waals surface area contributed by atoms with E-state index in [2.05, 4.69) is 8.92 Å². The zero-order valence-corrected chi connectivity index (χ0v) is 18.2. The predicted molar refractivity (Wildman–Crippen MR) is 107 cm³/mol. The maximum Gasteiger partial charge on any atom is 0.534 e. The maximum absolute atomic E-state index is 12.8. The van der Waals surface area contributed by atoms with Gasteiger partial charge in [-0.3, -0.25) is 9.47 Å². The van der Waals surface area contributed by atoms with Crippen LogP contribution in [0.25, 0.3) is 11.3 Å². The summed E-state index contributed by atoms with van der Waals surface area (Å²) >= 11 is 0. The van der Waals surface area contributed by atoms with Crippen molar-refractivity contribution < 1.29 is 40.0 Å². The summed E-state index contributed by atoms with van der Waals surface area (Å²) in [4.78, 5) is 24.5. The molecule has 0 N–H and O–H groups in total. The summed E-state index contributed by atoms with van der Waals surface area (Å²) in [5.74, 6) is -1.75. The van der Waals surface area contributed by atoms with E-state index in [0.29, 0.717) is 16.8 Å². The van der Waals surface area contributed by atoms with E-state index in [9.17, 15) is 31.2 Å². The van der Waals surface area contributed by atoms with E-state index in [4.69, 9.17) is 4.74 Å². The Morgan fingerprint density at radius 3 is 2.31 bits per heavy atom. The number of rotatable bonds is 5. The quantitative estimate of drug-likeness (QED) is 0.368. The lowest BCUT2D eigenvalue weighted by atomic mass is 9.99. The molecule has 9 nitrogen and oxygen atoms in total. The summed E-state index contributed by atoms with van der Waals surface area (Å²) in [7, 11) is -3.65. The molecule has 0 atom stereocenters. The number of esters is 1. The molecule has 1 aliphatic heterocycles. The predicted octanol–water partition coefficient (Wildman–Crippen LogP) is 2.40. The molecule has 2 aromatic rings. The van der Waals surface area contributed by atoms with Crippen molar-refractivity contribution in [3.05, 3.63) is 45.7 Å². The molecule has 0 radical (unpaired) electrons. The Morgan fingerprint density at radius 2 is 1.78 bits per heavy atom. The maximum atomic E-state index is 12.8. The number of alkyl halides is 3. The lowest BCUT2D eigenvalue weighted by Crippen LogP contribution is -2.44. The zero-order valence-electron chi connectivity index (χ0n) is 17.4. The second-order valence-electron chi connectivity index (χ2n) is 7.11. The highest BCUT2D eigenvalue weighted by molar-refractivity contribution is 7.88. The number of hydrogen-bond donors (Lipinski definition) is 0. The molecule has 0 fully saturated rings. The molecule has 1 aliphatic rings. The molecule has 2 heterocycles. The van der Waals surface area contributed by atoms with Gasteiger partial charge < -0.3 is 18.7 Å². The number of hydrogen-bond acceptors (Lipinski definition) is 8. The van der Waals surface area contributed by atoms with Crippen LogP contribution in [0.1, 0.15) is 29.8 Å². The minimum atomic E-state index is -5.93. The monoisotopic (exact) mass is 476 g/mol. The van der Waals surface area contributed by atoms with Gasteiger partial charge in [-0.15, -0.1) is 0 Å². The van der Waals surface area contributed by atoms with Crippen LogP contribution in [-0.2, 0) is 21.4 Å². The van der Waals surface area contributed by atoms with Gasteiger partial charge in [-0.2, -0.15) is 21.6 Å². The van der Waals surface area contributed by atoms with Crippen LogP contribution >= 0.6 is 0 Å². The van der Waals surface area contributed by atoms with Crippen LogP contribution in [0, 0.1) is 0 Å². The fourth-order valence-corrected chi connectivity index (χ4v) is 3.71. The third-order valence-corrected chi connectivity index (χ3v) is 5.76. The number of benzene rings is 1. The lowest BCUT2D eigenvalue weighted by molar-refractivity contribution is -0.0500. The van der Waals surface area contributed by atoms with Gasteiger partial charge in [0.15, 0.2) is 16.9 Å². The number of ether oxygens (including phenoxy) is 2. The topological polar surface area (TPSA) is 104 Å². The molecule has 0 spiro atoms. The average molecular weight is 476 g/mol. The van der Waals surface area contributed by atoms with Gasteiger partial charge in [0.1, 0.15) is 5.56 Å². The number of fused-ring (bicyclic) bond motifs is 3. The van der Waals surface area contributed by atoms with Gasteiger partial charge in [-0.05, 0) is 31.5 Å². The van der Waals surface area contributed by atoms with Crippen LogP contribution in [-0.4, -0.2) is 44.8 Å². The number of carbonyl (C=O) groups is 1. The molecule has 1 aromatic heterocycles. The van der Waals surface area contributed by atoms with Gasteiger partial charge in [-0.1, -0.05) is 0 Å². The second kappa shape index (κ2) is 8.04. The average Bonchev–Trinajstić information content (AvgIpc) is 2.70. The Bertz CT molecular complexity index is 1240. The van der Waals surface area contributed by atoms with Crippen LogP contribution in [0.15, 0.2) is 29.2 Å². The smallest absolute Gasteiger partial charge is 0.493 e. The van der Waals surface area contributed by atoms with Gasteiger partial charge in [0, 0.05) is 23.9 Å². The van der Waals surface area contributed by atoms with Gasteiger partial charge in [0.05, 0.1) is 26.5 Å². The van der Waals surface area contributed by atoms with Crippen LogP contribution in [0.3, 0.4) is 0 Å². The van der Waals surface area contributed by atoms with Crippen molar-refractivity contribution in [3.63, 3.8) is 0 Å². The fraction of sp³-hybridized carbons (Fsp3) is 0.368. The molecule has 0 unspecified atom stereocenters. The van der Waals surface area contributed by atoms with Crippen molar-refractivity contribution >= 4 is 16.1 Å². The molecule has 3 rings (SSSR count). The van der Waals surface area contributed by atoms with Crippen molar-refractivity contribution in [1.29, 1.82) is 0 Å². The number of pyridine rings is 1. The van der Waals surface area contributed by atoms with Crippen LogP contribution < -0.4 is 19.4 Å². The molecule has 0 saturated heterocycles. The third-order valence-electron chi connectivity index (χ3n) is 4.79. The van der Waals surface area contributed by atoms with E-state index in [1.54, 1.807) is 9.69 Å². The first kappa shape index (κ1) is 23.4. The third kappa shape index (κ3) is 3.99. The minimum absolute atomic E-state index is 0.107. The molecule has 0 bridgehead atoms. The van der Waals surface area contributed by atoms with Crippen molar-refractivity contribution in [2.75, 3.05) is 19.2 Å². The molecule has 174 valence electrons. The normalized spacial score (nSPS) is 13.4. The van der Waals surface area contributed by atoms with Crippen molar-refractivity contribution in [1.82, 2.24) is 4.68 Å². The van der Waals surface area contributed by atoms with E-state index in [1.165, 1.54) is 18.3 Å². The van der Waals surface area contributed by atoms with E-state index < -0.39 is 32.8 Å². The van der Waals surface area contributed by atoms with Crippen molar-refractivity contribution in [2.45, 2.75) is 31.9 Å². The highest BCUT2D eigenvalue weighted by Gasteiger charge is 2.49. The highest BCUT2D eigenvalue weighted by Crippen LogP contribution is 2.40. The molecule has 32 heavy (non-hydrogen) atoms. The SMILES string of the molecule is COC(=O)c1cn2c(cc1=O)-c1cc(OC)c(OS(=O)(=O)C(F)(F)F)cc1CN2C(C)C. The molecule has 1 aromatic carbocycles. The van der Waals surface area contributed by atoms with E-state index in [1.807, 2.05) is 13.8 Å². The minimum Gasteiger partial charge on any atom is -0.493 e. The van der Waals surface area contributed by atoms with Crippen LogP contribution in [0.4, 0.5) is 13.2 Å².